The molecule has 4 nitrogen and oxygen atoms in total. The van der Waals surface area contributed by atoms with Gasteiger partial charge in [-0.2, -0.15) is 0 Å². The van der Waals surface area contributed by atoms with Crippen LogP contribution in [0, 0.1) is 0 Å². The normalized spacial score (nSPS) is 12.1. The molecule has 0 fully saturated rings. The summed E-state index contributed by atoms with van der Waals surface area (Å²) < 4.78 is 18.0. The molecular formula is C76H56N2O2. The molecule has 0 aliphatic heterocycles. The number of para-hydroxylation sites is 2. The Morgan fingerprint density at radius 1 is 0.325 bits per heavy atom. The highest BCUT2D eigenvalue weighted by atomic mass is 16.3. The van der Waals surface area contributed by atoms with E-state index in [1.807, 2.05) is 12.2 Å². The first-order valence-corrected chi connectivity index (χ1v) is 27.7. The molecule has 0 radical (unpaired) electrons. The van der Waals surface area contributed by atoms with Crippen molar-refractivity contribution >= 4 is 87.5 Å². The highest BCUT2D eigenvalue weighted by Gasteiger charge is 2.21. The fourth-order valence-corrected chi connectivity index (χ4v) is 12.5. The van der Waals surface area contributed by atoms with Crippen LogP contribution >= 0.6 is 0 Å². The van der Waals surface area contributed by atoms with Gasteiger partial charge in [0.05, 0.1) is 22.1 Å². The van der Waals surface area contributed by atoms with Gasteiger partial charge in [0.15, 0.2) is 0 Å². The molecule has 4 aromatic heterocycles. The first-order valence-electron chi connectivity index (χ1n) is 27.7. The molecule has 0 spiro atoms. The number of hydrogen-bond acceptors (Lipinski definition) is 2. The second-order valence-corrected chi connectivity index (χ2v) is 22.6. The van der Waals surface area contributed by atoms with Crippen LogP contribution in [0.1, 0.15) is 37.5 Å². The smallest absolute Gasteiger partial charge is 0.135 e. The van der Waals surface area contributed by atoms with Crippen LogP contribution in [0.5, 0.6) is 0 Å². The Bertz CT molecular complexity index is 4730. The van der Waals surface area contributed by atoms with E-state index in [2.05, 4.69) is 268 Å². The third kappa shape index (κ3) is 7.81. The summed E-state index contributed by atoms with van der Waals surface area (Å²) in [5.74, 6) is 0. The Morgan fingerprint density at radius 3 is 1.15 bits per heavy atom. The van der Waals surface area contributed by atoms with Gasteiger partial charge in [0.2, 0.25) is 0 Å². The zero-order valence-electron chi connectivity index (χ0n) is 45.1. The van der Waals surface area contributed by atoms with Crippen molar-refractivity contribution in [2.75, 3.05) is 0 Å². The predicted octanol–water partition coefficient (Wildman–Crippen LogP) is 21.1. The van der Waals surface area contributed by atoms with Crippen LogP contribution in [0.4, 0.5) is 0 Å². The van der Waals surface area contributed by atoms with Gasteiger partial charge < -0.3 is 18.0 Å². The summed E-state index contributed by atoms with van der Waals surface area (Å²) in [7, 11) is 0. The van der Waals surface area contributed by atoms with E-state index in [-0.39, 0.29) is 5.41 Å². The molecule has 0 N–H and O–H groups in total. The summed E-state index contributed by atoms with van der Waals surface area (Å²) in [4.78, 5) is 0. The quantitative estimate of drug-likeness (QED) is 0.128. The van der Waals surface area contributed by atoms with Crippen LogP contribution in [0.25, 0.3) is 143 Å². The second-order valence-electron chi connectivity index (χ2n) is 22.6. The number of rotatable bonds is 10. The average Bonchev–Trinajstić information content (AvgIpc) is 4.26. The summed E-state index contributed by atoms with van der Waals surface area (Å²) >= 11 is 0. The molecule has 0 aliphatic rings. The molecule has 0 bridgehead atoms. The van der Waals surface area contributed by atoms with Gasteiger partial charge in [0, 0.05) is 54.5 Å². The largest absolute Gasteiger partial charge is 0.456 e. The number of allylic oxidation sites excluding steroid dienone is 2. The SMILES string of the molecule is C=CCc1cccc(-c2ccc3c(c2)c2ccccc2n3-c2ccc3oc4ccc(-c5cc(-c6ccc7oc8ccc(-n9c%10ccccc%10c%10cc(-c%11cccc(CC=C)c%11)ccc%109)cc8c7c6)cc(C(C)(C)C)c5)cc4c3c2)c1. The topological polar surface area (TPSA) is 36.1 Å². The van der Waals surface area contributed by atoms with E-state index in [0.29, 0.717) is 0 Å². The van der Waals surface area contributed by atoms with Gasteiger partial charge in [0.1, 0.15) is 22.3 Å². The molecule has 11 aromatic carbocycles. The van der Waals surface area contributed by atoms with Crippen LogP contribution in [-0.2, 0) is 18.3 Å². The fraction of sp³-hybridized carbons (Fsp3) is 0.0789. The minimum atomic E-state index is -0.106. The van der Waals surface area contributed by atoms with Gasteiger partial charge in [-0.3, -0.25) is 0 Å². The number of aromatic nitrogens is 2. The molecule has 0 atom stereocenters. The highest BCUT2D eigenvalue weighted by Crippen LogP contribution is 2.43. The van der Waals surface area contributed by atoms with Crippen LogP contribution in [0.2, 0.25) is 0 Å². The van der Waals surface area contributed by atoms with Gasteiger partial charge >= 0.3 is 0 Å². The standard InChI is InChI=1S/C76H56N2O2/c1-6-14-47-16-12-18-49(36-47)51-24-30-70-62(41-51)60-20-8-10-22-68(60)77(70)58-28-34-74-66(45-58)64-43-53(26-32-72(64)79-74)55-38-56(40-57(39-55)76(3,4)5)54-27-33-73-65(44-54)67-46-59(29-35-75(67)80-73)78-69-23-11-9-21-61(69)63-42-52(25-31-71(63)78)50-19-13-17-48(37-50)15-7-2/h6-13,16-46H,1-2,14-15H2,3-5H3. The van der Waals surface area contributed by atoms with Crippen molar-refractivity contribution in [1.29, 1.82) is 0 Å². The van der Waals surface area contributed by atoms with E-state index in [1.165, 1.54) is 71.5 Å². The molecule has 4 heteroatoms. The summed E-state index contributed by atoms with van der Waals surface area (Å²) in [6, 6.07) is 82.5. The van der Waals surface area contributed by atoms with Crippen molar-refractivity contribution in [3.8, 4) is 55.9 Å². The molecule has 15 rings (SSSR count). The third-order valence-corrected chi connectivity index (χ3v) is 16.5. The van der Waals surface area contributed by atoms with Crippen LogP contribution in [-0.4, -0.2) is 9.13 Å². The lowest BCUT2D eigenvalue weighted by molar-refractivity contribution is 0.590. The molecule has 0 unspecified atom stereocenters. The third-order valence-electron chi connectivity index (χ3n) is 16.5. The number of hydrogen-bond donors (Lipinski definition) is 0. The molecule has 15 aromatic rings. The minimum Gasteiger partial charge on any atom is -0.456 e. The first-order chi connectivity index (χ1) is 39.1. The average molecular weight is 1030 g/mol. The molecule has 0 saturated carbocycles. The zero-order chi connectivity index (χ0) is 53.8. The predicted molar refractivity (Wildman–Crippen MR) is 338 cm³/mol. The maximum Gasteiger partial charge on any atom is 0.135 e. The van der Waals surface area contributed by atoms with E-state index >= 15 is 0 Å². The number of furan rings is 2. The number of benzene rings is 11. The summed E-state index contributed by atoms with van der Waals surface area (Å²) in [6.45, 7) is 14.8. The molecule has 0 saturated heterocycles. The van der Waals surface area contributed by atoms with Gasteiger partial charge in [-0.1, -0.05) is 154 Å². The van der Waals surface area contributed by atoms with Crippen LogP contribution in [0.15, 0.2) is 259 Å². The second kappa shape index (κ2) is 18.4. The lowest BCUT2D eigenvalue weighted by atomic mass is 9.83. The Balaban J connectivity index is 0.818. The minimum absolute atomic E-state index is 0.106. The van der Waals surface area contributed by atoms with E-state index in [0.717, 1.165) is 101 Å². The van der Waals surface area contributed by atoms with Gasteiger partial charge in [0.25, 0.3) is 0 Å². The van der Waals surface area contributed by atoms with E-state index in [1.54, 1.807) is 0 Å². The zero-order valence-corrected chi connectivity index (χ0v) is 45.1. The van der Waals surface area contributed by atoms with Crippen molar-refractivity contribution in [2.24, 2.45) is 0 Å². The van der Waals surface area contributed by atoms with Crippen molar-refractivity contribution < 1.29 is 8.83 Å². The van der Waals surface area contributed by atoms with E-state index < -0.39 is 0 Å². The van der Waals surface area contributed by atoms with Crippen molar-refractivity contribution in [1.82, 2.24) is 9.13 Å². The Labute approximate surface area is 464 Å². The van der Waals surface area contributed by atoms with Crippen molar-refractivity contribution in [3.05, 3.63) is 266 Å². The molecule has 0 amide bonds. The molecule has 4 heterocycles. The van der Waals surface area contributed by atoms with Gasteiger partial charge in [-0.15, -0.1) is 13.2 Å². The molecule has 0 aliphatic carbocycles. The van der Waals surface area contributed by atoms with E-state index in [4.69, 9.17) is 8.83 Å². The van der Waals surface area contributed by atoms with Crippen LogP contribution < -0.4 is 0 Å². The molecule has 80 heavy (non-hydrogen) atoms. The fourth-order valence-electron chi connectivity index (χ4n) is 12.5. The van der Waals surface area contributed by atoms with Gasteiger partial charge in [-0.25, -0.2) is 0 Å². The highest BCUT2D eigenvalue weighted by molar-refractivity contribution is 6.14. The number of fused-ring (bicyclic) bond motifs is 12. The Hall–Kier alpha value is -9.90. The van der Waals surface area contributed by atoms with Crippen molar-refractivity contribution in [2.45, 2.75) is 39.0 Å². The van der Waals surface area contributed by atoms with E-state index in [9.17, 15) is 0 Å². The summed E-state index contributed by atoms with van der Waals surface area (Å²) in [6.07, 6.45) is 5.62. The van der Waals surface area contributed by atoms with Crippen LogP contribution in [0.3, 0.4) is 0 Å². The Morgan fingerprint density at radius 2 is 0.700 bits per heavy atom. The summed E-state index contributed by atoms with van der Waals surface area (Å²) in [5, 5.41) is 9.24. The lowest BCUT2D eigenvalue weighted by Gasteiger charge is -2.22. The monoisotopic (exact) mass is 1030 g/mol. The van der Waals surface area contributed by atoms with Crippen molar-refractivity contribution in [3.63, 3.8) is 0 Å². The first kappa shape index (κ1) is 47.3. The Kier molecular flexibility index (Phi) is 10.9. The van der Waals surface area contributed by atoms with Gasteiger partial charge in [-0.05, 0) is 183 Å². The lowest BCUT2D eigenvalue weighted by Crippen LogP contribution is -2.11. The molecular weight excluding hydrogens is 973 g/mol. The maximum atomic E-state index is 6.60. The summed E-state index contributed by atoms with van der Waals surface area (Å²) in [5.41, 5.74) is 23.4. The number of nitrogens with zero attached hydrogens (tertiary/aromatic N) is 2. The maximum absolute atomic E-state index is 6.60. The molecule has 382 valence electrons.